The van der Waals surface area contributed by atoms with Gasteiger partial charge in [0.1, 0.15) is 11.0 Å². The molecule has 1 heterocycles. The summed E-state index contributed by atoms with van der Waals surface area (Å²) in [5.41, 5.74) is 1.05. The zero-order valence-electron chi connectivity index (χ0n) is 9.54. The first-order chi connectivity index (χ1) is 8.72. The molecule has 0 aliphatic rings. The van der Waals surface area contributed by atoms with Crippen LogP contribution in [0.25, 0.3) is 21.9 Å². The summed E-state index contributed by atoms with van der Waals surface area (Å²) >= 11 is 0. The van der Waals surface area contributed by atoms with Crippen molar-refractivity contribution in [3.8, 4) is 5.75 Å². The second-order valence-corrected chi connectivity index (χ2v) is 3.85. The van der Waals surface area contributed by atoms with Crippen molar-refractivity contribution in [2.24, 2.45) is 0 Å². The van der Waals surface area contributed by atoms with Crippen molar-refractivity contribution in [1.82, 2.24) is 0 Å². The molecule has 0 N–H and O–H groups in total. The van der Waals surface area contributed by atoms with E-state index >= 15 is 0 Å². The van der Waals surface area contributed by atoms with E-state index in [9.17, 15) is 10.1 Å². The Labute approximate surface area is 102 Å². The van der Waals surface area contributed by atoms with Crippen LogP contribution < -0.4 is 4.74 Å². The van der Waals surface area contributed by atoms with Crippen LogP contribution in [0, 0.1) is 10.1 Å². The largest absolute Gasteiger partial charge is 0.493 e. The zero-order valence-corrected chi connectivity index (χ0v) is 9.54. The summed E-state index contributed by atoms with van der Waals surface area (Å²) in [5, 5.41) is 12.3. The van der Waals surface area contributed by atoms with Crippen LogP contribution in [0.5, 0.6) is 5.75 Å². The van der Waals surface area contributed by atoms with E-state index in [0.717, 1.165) is 5.39 Å². The van der Waals surface area contributed by atoms with Crippen LogP contribution in [0.1, 0.15) is 0 Å². The van der Waals surface area contributed by atoms with Crippen molar-refractivity contribution in [2.75, 3.05) is 7.11 Å². The Hall–Kier alpha value is -2.56. The van der Waals surface area contributed by atoms with Crippen LogP contribution in [0.3, 0.4) is 0 Å². The molecular formula is C13H9NO4. The molecule has 0 saturated carbocycles. The summed E-state index contributed by atoms with van der Waals surface area (Å²) in [6, 6.07) is 10.2. The van der Waals surface area contributed by atoms with E-state index < -0.39 is 4.92 Å². The summed E-state index contributed by atoms with van der Waals surface area (Å²) in [6.45, 7) is 0. The SMILES string of the molecule is COc1ccc([N+](=O)[O-])c2c1oc1ccccc12. The van der Waals surface area contributed by atoms with E-state index in [4.69, 9.17) is 9.15 Å². The predicted octanol–water partition coefficient (Wildman–Crippen LogP) is 3.50. The van der Waals surface area contributed by atoms with Crippen LogP contribution >= 0.6 is 0 Å². The van der Waals surface area contributed by atoms with Crippen molar-refractivity contribution in [3.05, 3.63) is 46.5 Å². The third kappa shape index (κ3) is 1.34. The minimum atomic E-state index is -0.413. The highest BCUT2D eigenvalue weighted by molar-refractivity contribution is 6.11. The molecule has 0 aliphatic heterocycles. The molecule has 0 spiro atoms. The Bertz CT molecular complexity index is 760. The molecule has 2 aromatic carbocycles. The molecule has 5 heteroatoms. The van der Waals surface area contributed by atoms with E-state index in [0.29, 0.717) is 22.3 Å². The molecule has 18 heavy (non-hydrogen) atoms. The fourth-order valence-electron chi connectivity index (χ4n) is 2.10. The van der Waals surface area contributed by atoms with E-state index in [1.807, 2.05) is 12.1 Å². The predicted molar refractivity (Wildman–Crippen MR) is 66.9 cm³/mol. The van der Waals surface area contributed by atoms with E-state index in [1.165, 1.54) is 13.2 Å². The van der Waals surface area contributed by atoms with Gasteiger partial charge in [-0.05, 0) is 12.1 Å². The molecule has 3 rings (SSSR count). The third-order valence-corrected chi connectivity index (χ3v) is 2.88. The number of methoxy groups -OCH3 is 1. The fraction of sp³-hybridized carbons (Fsp3) is 0.0769. The maximum absolute atomic E-state index is 11.1. The number of furan rings is 1. The Morgan fingerprint density at radius 2 is 2.00 bits per heavy atom. The number of non-ortho nitro benzene ring substituents is 1. The summed E-state index contributed by atoms with van der Waals surface area (Å²) in [5.74, 6) is 0.492. The lowest BCUT2D eigenvalue weighted by atomic mass is 10.1. The number of nitro benzene ring substituents is 1. The number of hydrogen-bond donors (Lipinski definition) is 0. The number of fused-ring (bicyclic) bond motifs is 3. The Balaban J connectivity index is 2.56. The fourth-order valence-corrected chi connectivity index (χ4v) is 2.10. The number of nitrogens with zero attached hydrogens (tertiary/aromatic N) is 1. The van der Waals surface area contributed by atoms with Gasteiger partial charge in [0.2, 0.25) is 0 Å². The zero-order chi connectivity index (χ0) is 12.7. The lowest BCUT2D eigenvalue weighted by Gasteiger charge is -2.00. The molecule has 5 nitrogen and oxygen atoms in total. The second kappa shape index (κ2) is 3.73. The molecule has 0 unspecified atom stereocenters. The van der Waals surface area contributed by atoms with Crippen LogP contribution in [-0.2, 0) is 0 Å². The molecule has 0 saturated heterocycles. The summed E-state index contributed by atoms with van der Waals surface area (Å²) in [4.78, 5) is 10.7. The molecule has 3 aromatic rings. The van der Waals surface area contributed by atoms with Crippen molar-refractivity contribution in [3.63, 3.8) is 0 Å². The van der Waals surface area contributed by atoms with Gasteiger partial charge >= 0.3 is 0 Å². The maximum Gasteiger partial charge on any atom is 0.281 e. The first-order valence-electron chi connectivity index (χ1n) is 5.35. The van der Waals surface area contributed by atoms with Crippen LogP contribution in [-0.4, -0.2) is 12.0 Å². The number of para-hydroxylation sites is 1. The number of benzene rings is 2. The highest BCUT2D eigenvalue weighted by Crippen LogP contribution is 2.39. The minimum absolute atomic E-state index is 0.0238. The van der Waals surface area contributed by atoms with Gasteiger partial charge in [0.15, 0.2) is 11.3 Å². The molecule has 1 aromatic heterocycles. The van der Waals surface area contributed by atoms with Gasteiger partial charge in [-0.15, -0.1) is 0 Å². The highest BCUT2D eigenvalue weighted by Gasteiger charge is 2.21. The van der Waals surface area contributed by atoms with Gasteiger partial charge in [-0.2, -0.15) is 0 Å². The van der Waals surface area contributed by atoms with Gasteiger partial charge in [0, 0.05) is 11.5 Å². The number of ether oxygens (including phenoxy) is 1. The number of hydrogen-bond acceptors (Lipinski definition) is 4. The van der Waals surface area contributed by atoms with Gasteiger partial charge < -0.3 is 9.15 Å². The smallest absolute Gasteiger partial charge is 0.281 e. The van der Waals surface area contributed by atoms with E-state index in [2.05, 4.69) is 0 Å². The van der Waals surface area contributed by atoms with Crippen LogP contribution in [0.15, 0.2) is 40.8 Å². The summed E-state index contributed by atoms with van der Waals surface area (Å²) < 4.78 is 10.8. The Morgan fingerprint density at radius 1 is 1.22 bits per heavy atom. The lowest BCUT2D eigenvalue weighted by Crippen LogP contribution is -1.90. The first-order valence-corrected chi connectivity index (χ1v) is 5.35. The Morgan fingerprint density at radius 3 is 2.72 bits per heavy atom. The minimum Gasteiger partial charge on any atom is -0.493 e. The molecule has 0 amide bonds. The first kappa shape index (κ1) is 10.6. The topological polar surface area (TPSA) is 65.5 Å². The van der Waals surface area contributed by atoms with Crippen molar-refractivity contribution in [1.29, 1.82) is 0 Å². The van der Waals surface area contributed by atoms with Crippen molar-refractivity contribution < 1.29 is 14.1 Å². The molecule has 0 fully saturated rings. The quantitative estimate of drug-likeness (QED) is 0.510. The molecule has 90 valence electrons. The number of rotatable bonds is 2. The average Bonchev–Trinajstić information content (AvgIpc) is 2.76. The molecular weight excluding hydrogens is 234 g/mol. The van der Waals surface area contributed by atoms with Crippen LogP contribution in [0.4, 0.5) is 5.69 Å². The summed E-state index contributed by atoms with van der Waals surface area (Å²) in [6.07, 6.45) is 0. The maximum atomic E-state index is 11.1. The molecule has 0 atom stereocenters. The normalized spacial score (nSPS) is 10.9. The van der Waals surface area contributed by atoms with Crippen molar-refractivity contribution >= 4 is 27.6 Å². The van der Waals surface area contributed by atoms with Gasteiger partial charge in [-0.1, -0.05) is 18.2 Å². The summed E-state index contributed by atoms with van der Waals surface area (Å²) in [7, 11) is 1.51. The standard InChI is InChI=1S/C13H9NO4/c1-17-11-7-6-9(14(15)16)12-8-4-2-3-5-10(8)18-13(11)12/h2-7H,1H3. The van der Waals surface area contributed by atoms with E-state index in [-0.39, 0.29) is 5.69 Å². The Kier molecular flexibility index (Phi) is 2.19. The van der Waals surface area contributed by atoms with E-state index in [1.54, 1.807) is 18.2 Å². The highest BCUT2D eigenvalue weighted by atomic mass is 16.6. The molecule has 0 aliphatic carbocycles. The molecule has 0 radical (unpaired) electrons. The molecule has 0 bridgehead atoms. The lowest BCUT2D eigenvalue weighted by molar-refractivity contribution is -0.383. The monoisotopic (exact) mass is 243 g/mol. The van der Waals surface area contributed by atoms with Gasteiger partial charge in [-0.25, -0.2) is 0 Å². The van der Waals surface area contributed by atoms with Gasteiger partial charge in [0.25, 0.3) is 5.69 Å². The third-order valence-electron chi connectivity index (χ3n) is 2.88. The van der Waals surface area contributed by atoms with Gasteiger partial charge in [0.05, 0.1) is 12.0 Å². The van der Waals surface area contributed by atoms with Crippen molar-refractivity contribution in [2.45, 2.75) is 0 Å². The van der Waals surface area contributed by atoms with Crippen LogP contribution in [0.2, 0.25) is 0 Å². The number of nitro groups is 1. The average molecular weight is 243 g/mol. The van der Waals surface area contributed by atoms with Gasteiger partial charge in [-0.3, -0.25) is 10.1 Å². The second-order valence-electron chi connectivity index (χ2n) is 3.85.